The molecule has 3 rings (SSSR count). The number of hydrogen-bond donors (Lipinski definition) is 1. The molecule has 1 aliphatic heterocycles. The molecule has 2 aromatic rings. The van der Waals surface area contributed by atoms with E-state index in [4.69, 9.17) is 13.9 Å². The van der Waals surface area contributed by atoms with Crippen LogP contribution in [0.2, 0.25) is 0 Å². The molecule has 148 valence electrons. The Kier molecular flexibility index (Phi) is 5.83. The molecule has 9 heteroatoms. The number of benzene rings is 1. The number of rotatable bonds is 4. The molecule has 0 aliphatic carbocycles. The first-order valence-electron chi connectivity index (χ1n) is 8.68. The molecule has 1 aliphatic rings. The van der Waals surface area contributed by atoms with Crippen molar-refractivity contribution in [3.63, 3.8) is 0 Å². The van der Waals surface area contributed by atoms with Gasteiger partial charge >= 0.3 is 11.8 Å². The summed E-state index contributed by atoms with van der Waals surface area (Å²) in [6.45, 7) is 1.17. The maximum Gasteiger partial charge on any atom is 0.314 e. The van der Waals surface area contributed by atoms with E-state index in [1.54, 1.807) is 35.2 Å². The highest BCUT2D eigenvalue weighted by Gasteiger charge is 2.29. The summed E-state index contributed by atoms with van der Waals surface area (Å²) >= 11 is 0. The third-order valence-corrected chi connectivity index (χ3v) is 4.44. The lowest BCUT2D eigenvalue weighted by Crippen LogP contribution is -2.52. The first kappa shape index (κ1) is 19.3. The van der Waals surface area contributed by atoms with E-state index in [-0.39, 0.29) is 24.8 Å². The average Bonchev–Trinajstić information content (AvgIpc) is 3.28. The lowest BCUT2D eigenvalue weighted by molar-refractivity contribution is -0.144. The third-order valence-electron chi connectivity index (χ3n) is 4.44. The van der Waals surface area contributed by atoms with Gasteiger partial charge < -0.3 is 29.0 Å². The molecule has 1 N–H and O–H groups in total. The van der Waals surface area contributed by atoms with Crippen LogP contribution in [0.5, 0.6) is 11.5 Å². The molecule has 1 aromatic heterocycles. The van der Waals surface area contributed by atoms with Gasteiger partial charge in [0.05, 0.1) is 26.2 Å². The molecule has 28 heavy (non-hydrogen) atoms. The van der Waals surface area contributed by atoms with E-state index < -0.39 is 11.8 Å². The number of ether oxygens (including phenoxy) is 2. The lowest BCUT2D eigenvalue weighted by atomic mass is 10.2. The summed E-state index contributed by atoms with van der Waals surface area (Å²) in [5, 5.41) is 2.56. The highest BCUT2D eigenvalue weighted by Crippen LogP contribution is 2.29. The van der Waals surface area contributed by atoms with Gasteiger partial charge in [-0.25, -0.2) is 0 Å². The number of hydrogen-bond acceptors (Lipinski definition) is 6. The molecule has 1 aromatic carbocycles. The zero-order valence-corrected chi connectivity index (χ0v) is 15.6. The summed E-state index contributed by atoms with van der Waals surface area (Å²) in [7, 11) is 2.98. The monoisotopic (exact) mass is 387 g/mol. The molecule has 1 fully saturated rings. The number of carbonyl (C=O) groups is 3. The molecule has 3 amide bonds. The van der Waals surface area contributed by atoms with Crippen LogP contribution in [0.4, 0.5) is 5.69 Å². The number of carbonyl (C=O) groups excluding carboxylic acids is 3. The fraction of sp³-hybridized carbons (Fsp3) is 0.316. The summed E-state index contributed by atoms with van der Waals surface area (Å²) in [6.07, 6.45) is 1.44. The molecule has 2 heterocycles. The predicted molar refractivity (Wildman–Crippen MR) is 99.4 cm³/mol. The second kappa shape index (κ2) is 8.47. The number of furan rings is 1. The van der Waals surface area contributed by atoms with Crippen molar-refractivity contribution in [3.05, 3.63) is 42.4 Å². The number of anilines is 1. The Morgan fingerprint density at radius 2 is 1.71 bits per heavy atom. The Morgan fingerprint density at radius 1 is 1.00 bits per heavy atom. The van der Waals surface area contributed by atoms with E-state index in [2.05, 4.69) is 5.32 Å². The zero-order valence-electron chi connectivity index (χ0n) is 15.6. The van der Waals surface area contributed by atoms with Gasteiger partial charge in [0.1, 0.15) is 11.5 Å². The quantitative estimate of drug-likeness (QED) is 0.792. The van der Waals surface area contributed by atoms with E-state index in [0.29, 0.717) is 30.3 Å². The van der Waals surface area contributed by atoms with Crippen LogP contribution in [0.3, 0.4) is 0 Å². The van der Waals surface area contributed by atoms with E-state index in [1.165, 1.54) is 25.4 Å². The predicted octanol–water partition coefficient (Wildman–Crippen LogP) is 1.22. The third kappa shape index (κ3) is 4.08. The van der Waals surface area contributed by atoms with Crippen LogP contribution in [0.15, 0.2) is 41.0 Å². The van der Waals surface area contributed by atoms with Gasteiger partial charge in [0.15, 0.2) is 5.76 Å². The van der Waals surface area contributed by atoms with Crippen molar-refractivity contribution in [2.24, 2.45) is 0 Å². The van der Waals surface area contributed by atoms with E-state index in [0.717, 1.165) is 0 Å². The molecule has 0 bridgehead atoms. The molecule has 9 nitrogen and oxygen atoms in total. The minimum absolute atomic E-state index is 0.232. The van der Waals surface area contributed by atoms with Gasteiger partial charge in [0.25, 0.3) is 5.91 Å². The van der Waals surface area contributed by atoms with E-state index >= 15 is 0 Å². The molecule has 0 unspecified atom stereocenters. The number of nitrogens with one attached hydrogen (secondary N) is 1. The fourth-order valence-electron chi connectivity index (χ4n) is 2.89. The van der Waals surface area contributed by atoms with Crippen LogP contribution in [0.25, 0.3) is 0 Å². The van der Waals surface area contributed by atoms with Crippen LogP contribution in [-0.4, -0.2) is 67.9 Å². The van der Waals surface area contributed by atoms with Crippen LogP contribution in [0, 0.1) is 0 Å². The molecular formula is C19H21N3O6. The molecule has 0 saturated carbocycles. The van der Waals surface area contributed by atoms with E-state index in [1.807, 2.05) is 0 Å². The van der Waals surface area contributed by atoms with Crippen LogP contribution < -0.4 is 14.8 Å². The average molecular weight is 387 g/mol. The number of amides is 3. The molecular weight excluding hydrogens is 366 g/mol. The number of nitrogens with zero attached hydrogens (tertiary/aromatic N) is 2. The van der Waals surface area contributed by atoms with Crippen molar-refractivity contribution >= 4 is 23.4 Å². The van der Waals surface area contributed by atoms with Crippen molar-refractivity contribution in [2.45, 2.75) is 0 Å². The van der Waals surface area contributed by atoms with Crippen LogP contribution >= 0.6 is 0 Å². The summed E-state index contributed by atoms with van der Waals surface area (Å²) < 4.78 is 15.4. The Bertz CT molecular complexity index is 857. The van der Waals surface area contributed by atoms with Gasteiger partial charge in [-0.05, 0) is 24.3 Å². The summed E-state index contributed by atoms with van der Waals surface area (Å²) in [5.41, 5.74) is 0.369. The van der Waals surface area contributed by atoms with Crippen molar-refractivity contribution < 1.29 is 28.3 Å². The molecule has 1 saturated heterocycles. The van der Waals surface area contributed by atoms with Gasteiger partial charge in [0.2, 0.25) is 0 Å². The Hall–Kier alpha value is -3.49. The van der Waals surface area contributed by atoms with Crippen LogP contribution in [0.1, 0.15) is 10.6 Å². The van der Waals surface area contributed by atoms with Gasteiger partial charge in [-0.1, -0.05) is 0 Å². The zero-order chi connectivity index (χ0) is 20.1. The smallest absolute Gasteiger partial charge is 0.314 e. The lowest BCUT2D eigenvalue weighted by Gasteiger charge is -2.33. The maximum atomic E-state index is 12.5. The van der Waals surface area contributed by atoms with Crippen molar-refractivity contribution in [2.75, 3.05) is 45.7 Å². The number of methoxy groups -OCH3 is 2. The normalized spacial score (nSPS) is 13.8. The van der Waals surface area contributed by atoms with Gasteiger partial charge in [-0.2, -0.15) is 0 Å². The Morgan fingerprint density at radius 3 is 2.32 bits per heavy atom. The van der Waals surface area contributed by atoms with Gasteiger partial charge in [-0.3, -0.25) is 14.4 Å². The van der Waals surface area contributed by atoms with Crippen molar-refractivity contribution in [3.8, 4) is 11.5 Å². The standard InChI is InChI=1S/C19H21N3O6/c1-26-13-5-6-14(16(12-13)27-2)20-17(23)19(25)22-9-7-21(8-10-22)18(24)15-4-3-11-28-15/h3-6,11-12H,7-10H2,1-2H3,(H,20,23). The van der Waals surface area contributed by atoms with Crippen molar-refractivity contribution in [1.29, 1.82) is 0 Å². The minimum Gasteiger partial charge on any atom is -0.497 e. The maximum absolute atomic E-state index is 12.5. The van der Waals surface area contributed by atoms with Crippen LogP contribution in [-0.2, 0) is 9.59 Å². The van der Waals surface area contributed by atoms with Gasteiger partial charge in [0, 0.05) is 32.2 Å². The second-order valence-corrected chi connectivity index (χ2v) is 6.08. The highest BCUT2D eigenvalue weighted by atomic mass is 16.5. The molecule has 0 radical (unpaired) electrons. The largest absolute Gasteiger partial charge is 0.497 e. The summed E-state index contributed by atoms with van der Waals surface area (Å²) in [6, 6.07) is 8.10. The molecule has 0 spiro atoms. The van der Waals surface area contributed by atoms with Crippen molar-refractivity contribution in [1.82, 2.24) is 9.80 Å². The summed E-state index contributed by atoms with van der Waals surface area (Å²) in [4.78, 5) is 40.1. The summed E-state index contributed by atoms with van der Waals surface area (Å²) in [5.74, 6) is -0.459. The SMILES string of the molecule is COc1ccc(NC(=O)C(=O)N2CCN(C(=O)c3ccco3)CC2)c(OC)c1. The Balaban J connectivity index is 1.58. The van der Waals surface area contributed by atoms with E-state index in [9.17, 15) is 14.4 Å². The minimum atomic E-state index is -0.769. The fourth-order valence-corrected chi connectivity index (χ4v) is 2.89. The Labute approximate surface area is 161 Å². The highest BCUT2D eigenvalue weighted by molar-refractivity contribution is 6.39. The first-order valence-corrected chi connectivity index (χ1v) is 8.68. The number of piperazine rings is 1. The molecule has 0 atom stereocenters. The first-order chi connectivity index (χ1) is 13.5. The van der Waals surface area contributed by atoms with Gasteiger partial charge in [-0.15, -0.1) is 0 Å². The second-order valence-electron chi connectivity index (χ2n) is 6.08. The topological polar surface area (TPSA) is 101 Å².